The van der Waals surface area contributed by atoms with Crippen LogP contribution in [0.2, 0.25) is 0 Å². The number of rotatable bonds is 7. The van der Waals surface area contributed by atoms with Crippen LogP contribution in [-0.2, 0) is 28.0 Å². The number of aromatic nitrogens is 2. The monoisotopic (exact) mass is 546 g/mol. The number of ether oxygens (including phenoxy) is 2. The molecule has 2 aliphatic rings. The van der Waals surface area contributed by atoms with E-state index in [9.17, 15) is 8.42 Å². The van der Waals surface area contributed by atoms with Crippen molar-refractivity contribution in [2.24, 2.45) is 5.14 Å². The standard InChI is InChI=1S/C28H30N6O4S/c1-18-14-20(4-3-11-29)15-19(2)26(18)38-27-24-16-37-17-25(24)32-28(33-27)31-21-9-12-34(13-10-21)22-5-7-23(8-6-22)39(30,35)36/h3-8,14-15,21H,9-10,12-13,16-17H2,1-2H3,(H2,30,35,36)(H,31,32,33)/b4-3+. The lowest BCUT2D eigenvalue weighted by Gasteiger charge is -2.34. The van der Waals surface area contributed by atoms with Crippen molar-refractivity contribution in [3.63, 3.8) is 0 Å². The van der Waals surface area contributed by atoms with Gasteiger partial charge in [0.1, 0.15) is 5.75 Å². The van der Waals surface area contributed by atoms with Crippen molar-refractivity contribution >= 4 is 27.7 Å². The van der Waals surface area contributed by atoms with E-state index in [1.807, 2.05) is 32.0 Å². The van der Waals surface area contributed by atoms with Crippen LogP contribution in [0.4, 0.5) is 11.6 Å². The fourth-order valence-corrected chi connectivity index (χ4v) is 5.47. The van der Waals surface area contributed by atoms with E-state index in [1.54, 1.807) is 18.2 Å². The highest BCUT2D eigenvalue weighted by Crippen LogP contribution is 2.35. The zero-order chi connectivity index (χ0) is 27.6. The first kappa shape index (κ1) is 26.6. The number of benzene rings is 2. The summed E-state index contributed by atoms with van der Waals surface area (Å²) in [6.07, 6.45) is 4.95. The molecule has 3 aromatic rings. The second-order valence-corrected chi connectivity index (χ2v) is 11.3. The summed E-state index contributed by atoms with van der Waals surface area (Å²) in [5.74, 6) is 1.72. The number of nitrogens with one attached hydrogen (secondary N) is 1. The zero-order valence-electron chi connectivity index (χ0n) is 21.8. The van der Waals surface area contributed by atoms with E-state index in [4.69, 9.17) is 29.8 Å². The highest BCUT2D eigenvalue weighted by molar-refractivity contribution is 7.89. The number of piperidine rings is 1. The quantitative estimate of drug-likeness (QED) is 0.417. The van der Waals surface area contributed by atoms with E-state index >= 15 is 0 Å². The minimum atomic E-state index is -3.71. The smallest absolute Gasteiger partial charge is 0.238 e. The Morgan fingerprint density at radius 2 is 1.82 bits per heavy atom. The van der Waals surface area contributed by atoms with Crippen molar-refractivity contribution in [2.75, 3.05) is 23.3 Å². The van der Waals surface area contributed by atoms with E-state index in [2.05, 4.69) is 10.2 Å². The first-order valence-electron chi connectivity index (χ1n) is 12.7. The van der Waals surface area contributed by atoms with Crippen LogP contribution in [-0.4, -0.2) is 37.5 Å². The van der Waals surface area contributed by atoms with Gasteiger partial charge in [0.15, 0.2) is 0 Å². The van der Waals surface area contributed by atoms with Crippen LogP contribution >= 0.6 is 0 Å². The summed E-state index contributed by atoms with van der Waals surface area (Å²) in [7, 11) is -3.71. The van der Waals surface area contributed by atoms with Gasteiger partial charge in [-0.3, -0.25) is 0 Å². The molecule has 0 spiro atoms. The molecule has 2 aliphatic heterocycles. The predicted octanol–water partition coefficient (Wildman–Crippen LogP) is 4.18. The number of nitrogens with zero attached hydrogens (tertiary/aromatic N) is 4. The summed E-state index contributed by atoms with van der Waals surface area (Å²) in [6, 6.07) is 12.8. The topological polar surface area (TPSA) is 143 Å². The van der Waals surface area contributed by atoms with E-state index in [-0.39, 0.29) is 10.9 Å². The van der Waals surface area contributed by atoms with Gasteiger partial charge in [-0.05, 0) is 85.9 Å². The largest absolute Gasteiger partial charge is 0.438 e. The molecule has 10 nitrogen and oxygen atoms in total. The summed E-state index contributed by atoms with van der Waals surface area (Å²) in [5, 5.41) is 17.5. The van der Waals surface area contributed by atoms with Crippen LogP contribution in [0.3, 0.4) is 0 Å². The first-order chi connectivity index (χ1) is 18.7. The van der Waals surface area contributed by atoms with Gasteiger partial charge < -0.3 is 19.7 Å². The molecule has 1 aromatic heterocycles. The normalized spacial score (nSPS) is 15.8. The van der Waals surface area contributed by atoms with Crippen LogP contribution < -0.4 is 20.1 Å². The lowest BCUT2D eigenvalue weighted by molar-refractivity contribution is 0.132. The molecular weight excluding hydrogens is 516 g/mol. The molecule has 11 heteroatoms. The minimum Gasteiger partial charge on any atom is -0.438 e. The average molecular weight is 547 g/mol. The van der Waals surface area contributed by atoms with E-state index in [1.165, 1.54) is 18.2 Å². The molecule has 0 saturated carbocycles. The Morgan fingerprint density at radius 3 is 2.46 bits per heavy atom. The van der Waals surface area contributed by atoms with Gasteiger partial charge in [-0.25, -0.2) is 18.5 Å². The van der Waals surface area contributed by atoms with Gasteiger partial charge in [0.25, 0.3) is 0 Å². The Bertz CT molecular complexity index is 1530. The predicted molar refractivity (Wildman–Crippen MR) is 148 cm³/mol. The molecule has 2 aromatic carbocycles. The molecule has 0 atom stereocenters. The molecule has 0 amide bonds. The molecule has 202 valence electrons. The molecule has 1 saturated heterocycles. The van der Waals surface area contributed by atoms with Crippen molar-refractivity contribution in [3.8, 4) is 17.7 Å². The third-order valence-corrected chi connectivity index (χ3v) is 7.86. The van der Waals surface area contributed by atoms with Crippen LogP contribution in [0.1, 0.15) is 40.8 Å². The maximum absolute atomic E-state index is 11.5. The van der Waals surface area contributed by atoms with Gasteiger partial charge in [0.05, 0.1) is 35.4 Å². The molecule has 0 radical (unpaired) electrons. The fourth-order valence-electron chi connectivity index (χ4n) is 4.95. The third kappa shape index (κ3) is 6.04. The number of hydrogen-bond donors (Lipinski definition) is 2. The van der Waals surface area contributed by atoms with E-state index < -0.39 is 10.0 Å². The van der Waals surface area contributed by atoms with Crippen molar-refractivity contribution in [2.45, 2.75) is 50.8 Å². The molecular formula is C28H30N6O4S. The van der Waals surface area contributed by atoms with Gasteiger partial charge in [-0.15, -0.1) is 0 Å². The molecule has 1 fully saturated rings. The van der Waals surface area contributed by atoms with Gasteiger partial charge in [-0.1, -0.05) is 0 Å². The molecule has 0 unspecified atom stereocenters. The highest BCUT2D eigenvalue weighted by atomic mass is 32.2. The maximum Gasteiger partial charge on any atom is 0.238 e. The number of fused-ring (bicyclic) bond motifs is 1. The maximum atomic E-state index is 11.5. The number of nitrogens with two attached hydrogens (primary N) is 1. The summed E-state index contributed by atoms with van der Waals surface area (Å²) in [4.78, 5) is 11.8. The number of aryl methyl sites for hydroxylation is 2. The third-order valence-electron chi connectivity index (χ3n) is 6.93. The second-order valence-electron chi connectivity index (χ2n) is 9.76. The summed E-state index contributed by atoms with van der Waals surface area (Å²) in [6.45, 7) is 6.35. The van der Waals surface area contributed by atoms with Crippen LogP contribution in [0, 0.1) is 25.2 Å². The molecule has 5 rings (SSSR count). The van der Waals surface area contributed by atoms with Crippen molar-refractivity contribution in [3.05, 3.63) is 70.4 Å². The second kappa shape index (κ2) is 11.0. The number of nitriles is 1. The Kier molecular flexibility index (Phi) is 7.52. The summed E-state index contributed by atoms with van der Waals surface area (Å²) >= 11 is 0. The Balaban J connectivity index is 1.29. The van der Waals surface area contributed by atoms with E-state index in [0.29, 0.717) is 25.0 Å². The minimum absolute atomic E-state index is 0.107. The van der Waals surface area contributed by atoms with Gasteiger partial charge in [0.2, 0.25) is 21.9 Å². The lowest BCUT2D eigenvalue weighted by atomic mass is 10.0. The van der Waals surface area contributed by atoms with Crippen molar-refractivity contribution < 1.29 is 17.9 Å². The summed E-state index contributed by atoms with van der Waals surface area (Å²) < 4.78 is 35.1. The fraction of sp³-hybridized carbons (Fsp3) is 0.321. The van der Waals surface area contributed by atoms with Gasteiger partial charge in [-0.2, -0.15) is 10.2 Å². The highest BCUT2D eigenvalue weighted by Gasteiger charge is 2.25. The SMILES string of the molecule is Cc1cc(/C=C/C#N)cc(C)c1Oc1nc(NC2CCN(c3ccc(S(N)(=O)=O)cc3)CC2)nc2c1COC2. The number of anilines is 2. The number of hydrogen-bond acceptors (Lipinski definition) is 9. The number of sulfonamides is 1. The molecule has 3 heterocycles. The van der Waals surface area contributed by atoms with Gasteiger partial charge >= 0.3 is 0 Å². The Labute approximate surface area is 228 Å². The molecule has 0 aliphatic carbocycles. The first-order valence-corrected chi connectivity index (χ1v) is 14.2. The Hall–Kier alpha value is -3.98. The van der Waals surface area contributed by atoms with Crippen LogP contribution in [0.15, 0.2) is 47.4 Å². The van der Waals surface area contributed by atoms with Crippen LogP contribution in [0.5, 0.6) is 11.6 Å². The molecule has 0 bridgehead atoms. The molecule has 39 heavy (non-hydrogen) atoms. The molecule has 3 N–H and O–H groups in total. The number of allylic oxidation sites excluding steroid dienone is 1. The van der Waals surface area contributed by atoms with Crippen molar-refractivity contribution in [1.29, 1.82) is 5.26 Å². The summed E-state index contributed by atoms with van der Waals surface area (Å²) in [5.41, 5.74) is 5.45. The van der Waals surface area contributed by atoms with Gasteiger partial charge in [0, 0.05) is 30.9 Å². The lowest BCUT2D eigenvalue weighted by Crippen LogP contribution is -2.39. The number of primary sulfonamides is 1. The van der Waals surface area contributed by atoms with Crippen molar-refractivity contribution in [1.82, 2.24) is 9.97 Å². The zero-order valence-corrected chi connectivity index (χ0v) is 22.7. The van der Waals surface area contributed by atoms with Crippen LogP contribution in [0.25, 0.3) is 6.08 Å². The Morgan fingerprint density at radius 1 is 1.13 bits per heavy atom. The van der Waals surface area contributed by atoms with E-state index in [0.717, 1.165) is 65.3 Å². The average Bonchev–Trinajstić information content (AvgIpc) is 3.38.